The number of benzene rings is 2. The summed E-state index contributed by atoms with van der Waals surface area (Å²) in [5.41, 5.74) is 2.23. The summed E-state index contributed by atoms with van der Waals surface area (Å²) in [6.45, 7) is 5.78. The number of rotatable bonds is 6. The van der Waals surface area contributed by atoms with Gasteiger partial charge in [-0.3, -0.25) is 4.79 Å². The van der Waals surface area contributed by atoms with Crippen molar-refractivity contribution in [1.29, 1.82) is 0 Å². The molecule has 0 unspecified atom stereocenters. The molecule has 0 heterocycles. The Morgan fingerprint density at radius 2 is 1.84 bits per heavy atom. The standard InChI is InChI=1S/C20H22BrNO3/c1-4-13(2)17-10-5-6-11-18(17)22-19(23)14(3)25-20(24)15-8-7-9-16(21)12-15/h5-14H,4H2,1-3H3,(H,22,23)/t13-,14-/m1/s1. The Balaban J connectivity index is 2.05. The lowest BCUT2D eigenvalue weighted by molar-refractivity contribution is -0.123. The van der Waals surface area contributed by atoms with Gasteiger partial charge in [0.15, 0.2) is 6.10 Å². The fourth-order valence-corrected chi connectivity index (χ4v) is 2.79. The van der Waals surface area contributed by atoms with E-state index in [-0.39, 0.29) is 5.91 Å². The lowest BCUT2D eigenvalue weighted by Gasteiger charge is -2.18. The smallest absolute Gasteiger partial charge is 0.338 e. The van der Waals surface area contributed by atoms with Gasteiger partial charge >= 0.3 is 5.97 Å². The molecule has 2 rings (SSSR count). The lowest BCUT2D eigenvalue weighted by Crippen LogP contribution is -2.30. The van der Waals surface area contributed by atoms with Crippen LogP contribution in [0.3, 0.4) is 0 Å². The van der Waals surface area contributed by atoms with Crippen LogP contribution in [0.5, 0.6) is 0 Å². The van der Waals surface area contributed by atoms with Gasteiger partial charge in [0.05, 0.1) is 5.56 Å². The molecule has 1 N–H and O–H groups in total. The second-order valence-corrected chi connectivity index (χ2v) is 6.86. The van der Waals surface area contributed by atoms with Crippen molar-refractivity contribution in [3.8, 4) is 0 Å². The maximum Gasteiger partial charge on any atom is 0.338 e. The van der Waals surface area contributed by atoms with Crippen LogP contribution >= 0.6 is 15.9 Å². The monoisotopic (exact) mass is 403 g/mol. The molecular formula is C20H22BrNO3. The number of para-hydroxylation sites is 1. The predicted molar refractivity (Wildman–Crippen MR) is 103 cm³/mol. The van der Waals surface area contributed by atoms with Crippen LogP contribution in [0.2, 0.25) is 0 Å². The molecule has 0 bridgehead atoms. The van der Waals surface area contributed by atoms with E-state index >= 15 is 0 Å². The molecule has 2 atom stereocenters. The summed E-state index contributed by atoms with van der Waals surface area (Å²) in [5, 5.41) is 2.87. The molecule has 132 valence electrons. The van der Waals surface area contributed by atoms with Crippen LogP contribution < -0.4 is 5.32 Å². The molecule has 0 spiro atoms. The van der Waals surface area contributed by atoms with Crippen LogP contribution in [-0.2, 0) is 9.53 Å². The SMILES string of the molecule is CC[C@@H](C)c1ccccc1NC(=O)[C@@H](C)OC(=O)c1cccc(Br)c1. The first kappa shape index (κ1) is 19.2. The molecule has 25 heavy (non-hydrogen) atoms. The number of halogens is 1. The molecule has 0 aromatic heterocycles. The molecule has 2 aromatic carbocycles. The second-order valence-electron chi connectivity index (χ2n) is 5.94. The third kappa shape index (κ3) is 5.16. The summed E-state index contributed by atoms with van der Waals surface area (Å²) >= 11 is 3.31. The van der Waals surface area contributed by atoms with Gasteiger partial charge in [0.25, 0.3) is 5.91 Å². The van der Waals surface area contributed by atoms with Crippen LogP contribution in [0, 0.1) is 0 Å². The number of ether oxygens (including phenoxy) is 1. The van der Waals surface area contributed by atoms with Crippen molar-refractivity contribution < 1.29 is 14.3 Å². The Kier molecular flexibility index (Phi) is 6.76. The highest BCUT2D eigenvalue weighted by molar-refractivity contribution is 9.10. The van der Waals surface area contributed by atoms with Crippen molar-refractivity contribution in [3.63, 3.8) is 0 Å². The quantitative estimate of drug-likeness (QED) is 0.678. The summed E-state index contributed by atoms with van der Waals surface area (Å²) in [6, 6.07) is 14.6. The number of hydrogen-bond donors (Lipinski definition) is 1. The third-order valence-corrected chi connectivity index (χ3v) is 4.57. The summed E-state index contributed by atoms with van der Waals surface area (Å²) in [7, 11) is 0. The molecule has 0 aliphatic heterocycles. The number of carbonyl (C=O) groups is 2. The Bertz CT molecular complexity index is 760. The minimum absolute atomic E-state index is 0.330. The van der Waals surface area contributed by atoms with E-state index in [9.17, 15) is 9.59 Å². The first-order chi connectivity index (χ1) is 11.9. The first-order valence-electron chi connectivity index (χ1n) is 8.28. The molecular weight excluding hydrogens is 382 g/mol. The number of hydrogen-bond acceptors (Lipinski definition) is 3. The third-order valence-electron chi connectivity index (χ3n) is 4.08. The molecule has 0 fully saturated rings. The Labute approximate surface area is 156 Å². The van der Waals surface area contributed by atoms with Crippen LogP contribution in [0.25, 0.3) is 0 Å². The Morgan fingerprint density at radius 3 is 2.52 bits per heavy atom. The van der Waals surface area contributed by atoms with Crippen LogP contribution in [0.1, 0.15) is 49.0 Å². The summed E-state index contributed by atoms with van der Waals surface area (Å²) in [5.74, 6) is -0.547. The highest BCUT2D eigenvalue weighted by Gasteiger charge is 2.20. The fraction of sp³-hybridized carbons (Fsp3) is 0.300. The molecule has 0 aliphatic rings. The van der Waals surface area contributed by atoms with Crippen molar-refractivity contribution >= 4 is 33.5 Å². The zero-order valence-corrected chi connectivity index (χ0v) is 16.2. The van der Waals surface area contributed by atoms with Gasteiger partial charge in [-0.05, 0) is 49.1 Å². The number of anilines is 1. The van der Waals surface area contributed by atoms with E-state index in [0.717, 1.165) is 22.1 Å². The molecule has 4 nitrogen and oxygen atoms in total. The molecule has 0 saturated carbocycles. The molecule has 0 saturated heterocycles. The fourth-order valence-electron chi connectivity index (χ4n) is 2.39. The van der Waals surface area contributed by atoms with E-state index in [1.165, 1.54) is 0 Å². The second kappa shape index (κ2) is 8.81. The van der Waals surface area contributed by atoms with Gasteiger partial charge in [0.1, 0.15) is 0 Å². The van der Waals surface area contributed by atoms with Crippen molar-refractivity contribution in [2.75, 3.05) is 5.32 Å². The minimum Gasteiger partial charge on any atom is -0.449 e. The average molecular weight is 404 g/mol. The van der Waals surface area contributed by atoms with Crippen LogP contribution in [0.4, 0.5) is 5.69 Å². The van der Waals surface area contributed by atoms with Gasteiger partial charge < -0.3 is 10.1 Å². The van der Waals surface area contributed by atoms with Crippen LogP contribution in [0.15, 0.2) is 53.0 Å². The van der Waals surface area contributed by atoms with Gasteiger partial charge in [-0.1, -0.05) is 54.0 Å². The topological polar surface area (TPSA) is 55.4 Å². The maximum atomic E-state index is 12.4. The molecule has 0 radical (unpaired) electrons. The van der Waals surface area contributed by atoms with Crippen molar-refractivity contribution in [2.24, 2.45) is 0 Å². The van der Waals surface area contributed by atoms with Gasteiger partial charge in [-0.15, -0.1) is 0 Å². The maximum absolute atomic E-state index is 12.4. The van der Waals surface area contributed by atoms with Crippen molar-refractivity contribution in [1.82, 2.24) is 0 Å². The molecule has 2 aromatic rings. The zero-order chi connectivity index (χ0) is 18.4. The summed E-state index contributed by atoms with van der Waals surface area (Å²) in [6.07, 6.45) is 0.0804. The van der Waals surface area contributed by atoms with E-state index < -0.39 is 12.1 Å². The van der Waals surface area contributed by atoms with E-state index in [1.807, 2.05) is 30.3 Å². The molecule has 1 amide bonds. The zero-order valence-electron chi connectivity index (χ0n) is 14.6. The van der Waals surface area contributed by atoms with Gasteiger partial charge in [-0.2, -0.15) is 0 Å². The number of carbonyl (C=O) groups excluding carboxylic acids is 2. The lowest BCUT2D eigenvalue weighted by atomic mass is 9.97. The predicted octanol–water partition coefficient (Wildman–Crippen LogP) is 5.15. The summed E-state index contributed by atoms with van der Waals surface area (Å²) in [4.78, 5) is 24.6. The van der Waals surface area contributed by atoms with Crippen molar-refractivity contribution in [3.05, 3.63) is 64.1 Å². The number of esters is 1. The highest BCUT2D eigenvalue weighted by atomic mass is 79.9. The highest BCUT2D eigenvalue weighted by Crippen LogP contribution is 2.26. The Hall–Kier alpha value is -2.14. The number of nitrogens with one attached hydrogen (secondary N) is 1. The summed E-state index contributed by atoms with van der Waals surface area (Å²) < 4.78 is 6.06. The normalized spacial score (nSPS) is 13.0. The van der Waals surface area contributed by atoms with E-state index in [2.05, 4.69) is 35.1 Å². The van der Waals surface area contributed by atoms with E-state index in [1.54, 1.807) is 25.1 Å². The van der Waals surface area contributed by atoms with Crippen LogP contribution in [-0.4, -0.2) is 18.0 Å². The van der Waals surface area contributed by atoms with E-state index in [0.29, 0.717) is 11.5 Å². The Morgan fingerprint density at radius 1 is 1.12 bits per heavy atom. The average Bonchev–Trinajstić information content (AvgIpc) is 2.61. The van der Waals surface area contributed by atoms with E-state index in [4.69, 9.17) is 4.74 Å². The number of amides is 1. The minimum atomic E-state index is -0.892. The van der Waals surface area contributed by atoms with Gasteiger partial charge in [0.2, 0.25) is 0 Å². The van der Waals surface area contributed by atoms with Gasteiger partial charge in [-0.25, -0.2) is 4.79 Å². The molecule has 0 aliphatic carbocycles. The van der Waals surface area contributed by atoms with Crippen molar-refractivity contribution in [2.45, 2.75) is 39.2 Å². The largest absolute Gasteiger partial charge is 0.449 e. The molecule has 5 heteroatoms. The van der Waals surface area contributed by atoms with Gasteiger partial charge in [0, 0.05) is 10.2 Å². The first-order valence-corrected chi connectivity index (χ1v) is 9.08.